The normalized spacial score (nSPS) is 17.0. The number of nitrogens with one attached hydrogen (secondary N) is 1. The highest BCUT2D eigenvalue weighted by Crippen LogP contribution is 2.30. The van der Waals surface area contributed by atoms with Crippen LogP contribution in [0.3, 0.4) is 0 Å². The van der Waals surface area contributed by atoms with Crippen LogP contribution in [-0.2, 0) is 13.0 Å². The average molecular weight is 494 g/mol. The Hall–Kier alpha value is -2.90. The summed E-state index contributed by atoms with van der Waals surface area (Å²) < 4.78 is 1.82. The summed E-state index contributed by atoms with van der Waals surface area (Å²) in [6.45, 7) is 7.70. The number of anilines is 2. The lowest BCUT2D eigenvalue weighted by atomic mass is 10.1. The first-order valence-electron chi connectivity index (χ1n) is 12.6. The van der Waals surface area contributed by atoms with Crippen molar-refractivity contribution in [3.63, 3.8) is 0 Å². The lowest BCUT2D eigenvalue weighted by molar-refractivity contribution is 0.102. The molecule has 1 saturated heterocycles. The molecule has 0 unspecified atom stereocenters. The molecule has 184 valence electrons. The van der Waals surface area contributed by atoms with Crippen LogP contribution >= 0.6 is 11.6 Å². The molecule has 1 aromatic heterocycles. The molecule has 1 N–H and O–H groups in total. The third-order valence-corrected chi connectivity index (χ3v) is 7.43. The van der Waals surface area contributed by atoms with Crippen molar-refractivity contribution in [1.29, 1.82) is 0 Å². The number of carbonyl (C=O) groups excluding carboxylic acids is 1. The van der Waals surface area contributed by atoms with Gasteiger partial charge in [0.25, 0.3) is 11.5 Å². The summed E-state index contributed by atoms with van der Waals surface area (Å²) >= 11 is 6.29. The Morgan fingerprint density at radius 1 is 1.00 bits per heavy atom. The monoisotopic (exact) mass is 493 g/mol. The van der Waals surface area contributed by atoms with Gasteiger partial charge in [0.1, 0.15) is 5.82 Å². The molecule has 0 aliphatic carbocycles. The molecule has 0 bridgehead atoms. The fourth-order valence-corrected chi connectivity index (χ4v) is 5.29. The third kappa shape index (κ3) is 5.07. The summed E-state index contributed by atoms with van der Waals surface area (Å²) in [6, 6.07) is 10.8. The van der Waals surface area contributed by atoms with Gasteiger partial charge in [-0.1, -0.05) is 31.4 Å². The molecule has 1 fully saturated rings. The zero-order valence-corrected chi connectivity index (χ0v) is 21.0. The van der Waals surface area contributed by atoms with Crippen LogP contribution < -0.4 is 15.8 Å². The van der Waals surface area contributed by atoms with Crippen LogP contribution in [0.2, 0.25) is 5.02 Å². The van der Waals surface area contributed by atoms with Crippen molar-refractivity contribution in [2.24, 2.45) is 0 Å². The van der Waals surface area contributed by atoms with E-state index < -0.39 is 0 Å². The molecule has 3 heterocycles. The van der Waals surface area contributed by atoms with Crippen LogP contribution in [0.5, 0.6) is 0 Å². The number of likely N-dealkylation sites (N-methyl/N-ethyl adjacent to an activating group) is 1. The first kappa shape index (κ1) is 23.8. The quantitative estimate of drug-likeness (QED) is 0.577. The maximum Gasteiger partial charge on any atom is 0.261 e. The van der Waals surface area contributed by atoms with E-state index in [1.165, 1.54) is 0 Å². The van der Waals surface area contributed by atoms with E-state index >= 15 is 0 Å². The van der Waals surface area contributed by atoms with E-state index in [2.05, 4.69) is 22.0 Å². The van der Waals surface area contributed by atoms with E-state index in [0.717, 1.165) is 76.3 Å². The van der Waals surface area contributed by atoms with Crippen LogP contribution in [0, 0.1) is 0 Å². The lowest BCUT2D eigenvalue weighted by Crippen LogP contribution is -2.46. The Balaban J connectivity index is 1.42. The van der Waals surface area contributed by atoms with Gasteiger partial charge in [-0.05, 0) is 55.8 Å². The molecular formula is C27H32ClN5O2. The lowest BCUT2D eigenvalue weighted by Gasteiger charge is -2.36. The van der Waals surface area contributed by atoms with Gasteiger partial charge in [-0.25, -0.2) is 4.98 Å². The van der Waals surface area contributed by atoms with Crippen molar-refractivity contribution in [2.45, 2.75) is 45.6 Å². The minimum atomic E-state index is -0.240. The number of halogens is 1. The number of carbonyl (C=O) groups is 1. The highest BCUT2D eigenvalue weighted by molar-refractivity contribution is 6.31. The number of hydrogen-bond donors (Lipinski definition) is 1. The molecule has 35 heavy (non-hydrogen) atoms. The predicted molar refractivity (Wildman–Crippen MR) is 142 cm³/mol. The maximum atomic E-state index is 13.3. The zero-order chi connectivity index (χ0) is 24.4. The number of benzene rings is 2. The van der Waals surface area contributed by atoms with Gasteiger partial charge >= 0.3 is 0 Å². The van der Waals surface area contributed by atoms with Crippen LogP contribution in [0.25, 0.3) is 10.9 Å². The van der Waals surface area contributed by atoms with Crippen molar-refractivity contribution in [3.8, 4) is 0 Å². The fraction of sp³-hybridized carbons (Fsp3) is 0.444. The highest BCUT2D eigenvalue weighted by atomic mass is 35.5. The van der Waals surface area contributed by atoms with Crippen LogP contribution in [0.1, 0.15) is 48.8 Å². The Labute approximate surface area is 210 Å². The summed E-state index contributed by atoms with van der Waals surface area (Å²) in [4.78, 5) is 35.9. The van der Waals surface area contributed by atoms with Gasteiger partial charge in [-0.2, -0.15) is 0 Å². The molecule has 2 aliphatic rings. The standard InChI is InChI=1S/C27H32ClN5O2/c1-2-31-13-15-32(16-14-31)24-11-9-20(28)18-23(24)30-26(34)19-8-10-21-22(17-19)29-25-7-5-3-4-6-12-33(25)27(21)35/h8-11,17-18H,2-7,12-16H2,1H3,(H,30,34). The molecule has 0 radical (unpaired) electrons. The average Bonchev–Trinajstić information content (AvgIpc) is 2.85. The predicted octanol–water partition coefficient (Wildman–Crippen LogP) is 4.56. The molecule has 0 atom stereocenters. The highest BCUT2D eigenvalue weighted by Gasteiger charge is 2.20. The summed E-state index contributed by atoms with van der Waals surface area (Å²) in [5.41, 5.74) is 2.71. The minimum absolute atomic E-state index is 0.0118. The molecule has 0 spiro atoms. The molecule has 5 rings (SSSR count). The smallest absolute Gasteiger partial charge is 0.261 e. The largest absolute Gasteiger partial charge is 0.367 e. The Kier molecular flexibility index (Phi) is 7.07. The summed E-state index contributed by atoms with van der Waals surface area (Å²) in [5.74, 6) is 0.583. The number of piperazine rings is 1. The van der Waals surface area contributed by atoms with Gasteiger partial charge in [-0.3, -0.25) is 14.2 Å². The second kappa shape index (κ2) is 10.4. The third-order valence-electron chi connectivity index (χ3n) is 7.20. The van der Waals surface area contributed by atoms with Crippen molar-refractivity contribution in [2.75, 3.05) is 42.9 Å². The summed E-state index contributed by atoms with van der Waals surface area (Å²) in [5, 5.41) is 4.19. The molecule has 0 saturated carbocycles. The number of rotatable bonds is 4. The number of aromatic nitrogens is 2. The SMILES string of the molecule is CCN1CCN(c2ccc(Cl)cc2NC(=O)c2ccc3c(=O)n4c(nc3c2)CCCCCC4)CC1. The number of amides is 1. The molecular weight excluding hydrogens is 462 g/mol. The summed E-state index contributed by atoms with van der Waals surface area (Å²) in [6.07, 6.45) is 5.12. The van der Waals surface area contributed by atoms with Gasteiger partial charge in [0, 0.05) is 49.7 Å². The van der Waals surface area contributed by atoms with Crippen LogP contribution in [0.15, 0.2) is 41.2 Å². The van der Waals surface area contributed by atoms with Crippen LogP contribution in [0.4, 0.5) is 11.4 Å². The molecule has 7 nitrogen and oxygen atoms in total. The van der Waals surface area contributed by atoms with Crippen molar-refractivity contribution < 1.29 is 4.79 Å². The number of nitrogens with zero attached hydrogens (tertiary/aromatic N) is 4. The van der Waals surface area contributed by atoms with Crippen LogP contribution in [-0.4, -0.2) is 53.1 Å². The second-order valence-corrected chi connectivity index (χ2v) is 9.85. The molecule has 8 heteroatoms. The number of hydrogen-bond acceptors (Lipinski definition) is 5. The van der Waals surface area contributed by atoms with E-state index in [4.69, 9.17) is 16.6 Å². The van der Waals surface area contributed by atoms with E-state index in [1.54, 1.807) is 24.3 Å². The van der Waals surface area contributed by atoms with Gasteiger partial charge in [0.2, 0.25) is 0 Å². The zero-order valence-electron chi connectivity index (χ0n) is 20.2. The molecule has 1 amide bonds. The number of fused-ring (bicyclic) bond motifs is 2. The van der Waals surface area contributed by atoms with Crippen molar-refractivity contribution in [3.05, 3.63) is 63.2 Å². The second-order valence-electron chi connectivity index (χ2n) is 9.42. The Morgan fingerprint density at radius 3 is 2.60 bits per heavy atom. The molecule has 3 aromatic rings. The van der Waals surface area contributed by atoms with E-state index in [1.807, 2.05) is 16.7 Å². The Morgan fingerprint density at radius 2 is 1.80 bits per heavy atom. The van der Waals surface area contributed by atoms with E-state index in [-0.39, 0.29) is 11.5 Å². The number of aryl methyl sites for hydroxylation is 1. The first-order valence-corrected chi connectivity index (χ1v) is 13.0. The topological polar surface area (TPSA) is 70.5 Å². The molecule has 2 aliphatic heterocycles. The first-order chi connectivity index (χ1) is 17.0. The summed E-state index contributed by atoms with van der Waals surface area (Å²) in [7, 11) is 0. The van der Waals surface area contributed by atoms with Gasteiger partial charge in [0.05, 0.1) is 22.3 Å². The van der Waals surface area contributed by atoms with Gasteiger partial charge in [-0.15, -0.1) is 0 Å². The van der Waals surface area contributed by atoms with Gasteiger partial charge < -0.3 is 15.1 Å². The fourth-order valence-electron chi connectivity index (χ4n) is 5.12. The van der Waals surface area contributed by atoms with Gasteiger partial charge in [0.15, 0.2) is 0 Å². The van der Waals surface area contributed by atoms with Crippen molar-refractivity contribution in [1.82, 2.24) is 14.5 Å². The minimum Gasteiger partial charge on any atom is -0.367 e. The van der Waals surface area contributed by atoms with E-state index in [0.29, 0.717) is 33.7 Å². The maximum absolute atomic E-state index is 13.3. The molecule has 2 aromatic carbocycles. The Bertz CT molecular complexity index is 1300. The van der Waals surface area contributed by atoms with Crippen molar-refractivity contribution >= 4 is 39.8 Å². The van der Waals surface area contributed by atoms with E-state index in [9.17, 15) is 9.59 Å².